The van der Waals surface area contributed by atoms with E-state index in [4.69, 9.17) is 9.47 Å². The molecular formula is C34H41F3O2. The maximum Gasteiger partial charge on any atom is 0.168 e. The van der Waals surface area contributed by atoms with Crippen molar-refractivity contribution >= 4 is 0 Å². The summed E-state index contributed by atoms with van der Waals surface area (Å²) in [5, 5.41) is 0. The van der Waals surface area contributed by atoms with Crippen LogP contribution >= 0.6 is 0 Å². The lowest BCUT2D eigenvalue weighted by atomic mass is 9.79. The second-order valence-electron chi connectivity index (χ2n) is 11.0. The topological polar surface area (TPSA) is 18.5 Å². The third-order valence-electron chi connectivity index (χ3n) is 7.90. The Kier molecular flexibility index (Phi) is 10.8. The quantitative estimate of drug-likeness (QED) is 0.202. The zero-order valence-corrected chi connectivity index (χ0v) is 23.3. The third-order valence-corrected chi connectivity index (χ3v) is 7.90. The Bertz CT molecular complexity index is 1180. The first kappa shape index (κ1) is 29.0. The van der Waals surface area contributed by atoms with E-state index in [1.165, 1.54) is 31.7 Å². The molecule has 0 spiro atoms. The molecule has 0 unspecified atom stereocenters. The van der Waals surface area contributed by atoms with Crippen LogP contribution in [0.1, 0.15) is 95.1 Å². The van der Waals surface area contributed by atoms with E-state index in [9.17, 15) is 8.78 Å². The number of unbranched alkanes of at least 4 members (excludes halogenated alkanes) is 5. The molecule has 210 valence electrons. The highest BCUT2D eigenvalue weighted by Crippen LogP contribution is 2.38. The lowest BCUT2D eigenvalue weighted by Gasteiger charge is -2.27. The minimum absolute atomic E-state index is 0.0885. The first-order valence-corrected chi connectivity index (χ1v) is 14.6. The van der Waals surface area contributed by atoms with Gasteiger partial charge in [-0.25, -0.2) is 13.2 Å². The molecule has 3 aromatic rings. The van der Waals surface area contributed by atoms with Crippen molar-refractivity contribution in [2.45, 2.75) is 90.6 Å². The molecule has 1 fully saturated rings. The lowest BCUT2D eigenvalue weighted by molar-refractivity contribution is 0.283. The summed E-state index contributed by atoms with van der Waals surface area (Å²) in [4.78, 5) is 0. The van der Waals surface area contributed by atoms with Crippen LogP contribution in [0.15, 0.2) is 54.6 Å². The lowest BCUT2D eigenvalue weighted by Crippen LogP contribution is -2.13. The summed E-state index contributed by atoms with van der Waals surface area (Å²) in [5.74, 6) is -0.614. The van der Waals surface area contributed by atoms with Crippen molar-refractivity contribution in [3.63, 3.8) is 0 Å². The normalized spacial score (nSPS) is 17.3. The number of hydrogen-bond acceptors (Lipinski definition) is 2. The standard InChI is InChI=1S/C34H41F3O2/c1-3-4-5-6-7-8-21-38-28-17-20-32(31(35)22-28)39-23-25-11-15-27(16-12-25)30-19-18-29(33(36)34(30)37)26-13-9-24(2)10-14-26/h11-12,15-20,22,24,26H,3-10,13-14,21,23H2,1-2H3. The first-order chi connectivity index (χ1) is 19.0. The van der Waals surface area contributed by atoms with Gasteiger partial charge in [-0.05, 0) is 59.9 Å². The summed E-state index contributed by atoms with van der Waals surface area (Å²) in [6, 6.07) is 15.1. The second-order valence-corrected chi connectivity index (χ2v) is 11.0. The molecule has 0 aromatic heterocycles. The molecule has 3 aromatic carbocycles. The average molecular weight is 539 g/mol. The third kappa shape index (κ3) is 8.03. The van der Waals surface area contributed by atoms with Crippen LogP contribution in [0.5, 0.6) is 11.5 Å². The Morgan fingerprint density at radius 1 is 0.744 bits per heavy atom. The van der Waals surface area contributed by atoms with Crippen molar-refractivity contribution in [2.24, 2.45) is 5.92 Å². The van der Waals surface area contributed by atoms with Crippen LogP contribution in [0.25, 0.3) is 11.1 Å². The number of rotatable bonds is 13. The van der Waals surface area contributed by atoms with Crippen LogP contribution in [-0.4, -0.2) is 6.61 Å². The van der Waals surface area contributed by atoms with Crippen LogP contribution in [0.2, 0.25) is 0 Å². The smallest absolute Gasteiger partial charge is 0.168 e. The molecule has 0 heterocycles. The highest BCUT2D eigenvalue weighted by Gasteiger charge is 2.25. The van der Waals surface area contributed by atoms with Crippen molar-refractivity contribution in [3.8, 4) is 22.6 Å². The van der Waals surface area contributed by atoms with Crippen molar-refractivity contribution in [1.82, 2.24) is 0 Å². The minimum atomic E-state index is -0.795. The molecule has 0 radical (unpaired) electrons. The van der Waals surface area contributed by atoms with Gasteiger partial charge in [0, 0.05) is 11.6 Å². The van der Waals surface area contributed by atoms with Gasteiger partial charge in [0.2, 0.25) is 0 Å². The van der Waals surface area contributed by atoms with E-state index in [1.807, 2.05) is 0 Å². The Labute approximate surface area is 231 Å². The van der Waals surface area contributed by atoms with E-state index >= 15 is 4.39 Å². The zero-order chi connectivity index (χ0) is 27.6. The maximum atomic E-state index is 15.0. The van der Waals surface area contributed by atoms with Gasteiger partial charge in [-0.1, -0.05) is 95.2 Å². The molecule has 0 bridgehead atoms. The van der Waals surface area contributed by atoms with Gasteiger partial charge in [-0.15, -0.1) is 0 Å². The fourth-order valence-electron chi connectivity index (χ4n) is 5.38. The molecule has 0 saturated heterocycles. The molecule has 1 aliphatic rings. The van der Waals surface area contributed by atoms with Crippen molar-refractivity contribution in [1.29, 1.82) is 0 Å². The van der Waals surface area contributed by atoms with Crippen molar-refractivity contribution in [3.05, 3.63) is 83.2 Å². The molecule has 0 atom stereocenters. The van der Waals surface area contributed by atoms with Crippen LogP contribution < -0.4 is 9.47 Å². The van der Waals surface area contributed by atoms with E-state index in [-0.39, 0.29) is 23.8 Å². The summed E-state index contributed by atoms with van der Waals surface area (Å²) < 4.78 is 55.9. The van der Waals surface area contributed by atoms with Crippen LogP contribution in [-0.2, 0) is 6.61 Å². The van der Waals surface area contributed by atoms with Gasteiger partial charge in [0.25, 0.3) is 0 Å². The van der Waals surface area contributed by atoms with E-state index < -0.39 is 17.5 Å². The maximum absolute atomic E-state index is 15.0. The fraction of sp³-hybridized carbons (Fsp3) is 0.471. The molecule has 1 saturated carbocycles. The van der Waals surface area contributed by atoms with Crippen molar-refractivity contribution < 1.29 is 22.6 Å². The summed E-state index contributed by atoms with van der Waals surface area (Å²) in [7, 11) is 0. The Balaban J connectivity index is 1.29. The predicted octanol–water partition coefficient (Wildman–Crippen LogP) is 10.4. The Morgan fingerprint density at radius 2 is 1.46 bits per heavy atom. The minimum Gasteiger partial charge on any atom is -0.493 e. The molecule has 39 heavy (non-hydrogen) atoms. The largest absolute Gasteiger partial charge is 0.493 e. The number of hydrogen-bond donors (Lipinski definition) is 0. The summed E-state index contributed by atoms with van der Waals surface area (Å²) in [6.07, 6.45) is 10.9. The Morgan fingerprint density at radius 3 is 2.18 bits per heavy atom. The van der Waals surface area contributed by atoms with E-state index in [2.05, 4.69) is 13.8 Å². The van der Waals surface area contributed by atoms with Crippen LogP contribution in [0.3, 0.4) is 0 Å². The van der Waals surface area contributed by atoms with Gasteiger partial charge < -0.3 is 9.47 Å². The average Bonchev–Trinajstić information content (AvgIpc) is 2.94. The summed E-state index contributed by atoms with van der Waals surface area (Å²) in [5.41, 5.74) is 2.14. The molecule has 0 amide bonds. The van der Waals surface area contributed by atoms with Crippen molar-refractivity contribution in [2.75, 3.05) is 6.61 Å². The second kappa shape index (κ2) is 14.4. The van der Waals surface area contributed by atoms with Gasteiger partial charge in [-0.3, -0.25) is 0 Å². The Hall–Kier alpha value is -2.95. The van der Waals surface area contributed by atoms with Gasteiger partial charge in [0.05, 0.1) is 6.61 Å². The highest BCUT2D eigenvalue weighted by molar-refractivity contribution is 5.65. The highest BCUT2D eigenvalue weighted by atomic mass is 19.2. The van der Waals surface area contributed by atoms with Gasteiger partial charge in [-0.2, -0.15) is 0 Å². The monoisotopic (exact) mass is 538 g/mol. The molecule has 5 heteroatoms. The van der Waals surface area contributed by atoms with Gasteiger partial charge >= 0.3 is 0 Å². The van der Waals surface area contributed by atoms with Crippen LogP contribution in [0, 0.1) is 23.4 Å². The molecule has 4 rings (SSSR count). The van der Waals surface area contributed by atoms with Crippen LogP contribution in [0.4, 0.5) is 13.2 Å². The first-order valence-electron chi connectivity index (χ1n) is 14.6. The number of halogens is 3. The van der Waals surface area contributed by atoms with E-state index in [0.29, 0.717) is 29.4 Å². The number of ether oxygens (including phenoxy) is 2. The van der Waals surface area contributed by atoms with Gasteiger partial charge in [0.15, 0.2) is 23.2 Å². The predicted molar refractivity (Wildman–Crippen MR) is 152 cm³/mol. The summed E-state index contributed by atoms with van der Waals surface area (Å²) >= 11 is 0. The molecule has 0 aliphatic heterocycles. The van der Waals surface area contributed by atoms with E-state index in [1.54, 1.807) is 48.5 Å². The summed E-state index contributed by atoms with van der Waals surface area (Å²) in [6.45, 7) is 5.14. The SMILES string of the molecule is CCCCCCCCOc1ccc(OCc2ccc(-c3ccc(C4CCC(C)CC4)c(F)c3F)cc2)c(F)c1. The molecule has 0 N–H and O–H groups in total. The van der Waals surface area contributed by atoms with Gasteiger partial charge in [0.1, 0.15) is 12.4 Å². The number of benzene rings is 3. The van der Waals surface area contributed by atoms with E-state index in [0.717, 1.165) is 44.1 Å². The zero-order valence-electron chi connectivity index (χ0n) is 23.3. The molecule has 2 nitrogen and oxygen atoms in total. The fourth-order valence-corrected chi connectivity index (χ4v) is 5.38. The molecular weight excluding hydrogens is 497 g/mol. The molecule has 1 aliphatic carbocycles.